The number of hydrogen-bond donors (Lipinski definition) is 2. The summed E-state index contributed by atoms with van der Waals surface area (Å²) in [7, 11) is -2.68. The Hall–Kier alpha value is -2.92. The summed E-state index contributed by atoms with van der Waals surface area (Å²) in [6, 6.07) is 8.43. The highest BCUT2D eigenvalue weighted by Crippen LogP contribution is 2.30. The molecular formula is C23H25F3N2O5S. The van der Waals surface area contributed by atoms with Gasteiger partial charge in [-0.05, 0) is 60.2 Å². The van der Waals surface area contributed by atoms with Crippen LogP contribution < -0.4 is 10.0 Å². The molecule has 2 aromatic carbocycles. The largest absolute Gasteiger partial charge is 0.469 e. The third-order valence-electron chi connectivity index (χ3n) is 5.49. The van der Waals surface area contributed by atoms with Crippen LogP contribution in [-0.2, 0) is 49.8 Å². The van der Waals surface area contributed by atoms with E-state index in [1.165, 1.54) is 7.11 Å². The Balaban J connectivity index is 1.55. The van der Waals surface area contributed by atoms with E-state index in [0.29, 0.717) is 25.8 Å². The lowest BCUT2D eigenvalue weighted by Gasteiger charge is -2.13. The summed E-state index contributed by atoms with van der Waals surface area (Å²) in [5, 5.41) is 2.74. The van der Waals surface area contributed by atoms with Crippen molar-refractivity contribution >= 4 is 21.9 Å². The van der Waals surface area contributed by atoms with Crippen LogP contribution in [-0.4, -0.2) is 40.0 Å². The summed E-state index contributed by atoms with van der Waals surface area (Å²) >= 11 is 0. The van der Waals surface area contributed by atoms with Crippen LogP contribution >= 0.6 is 0 Å². The normalized spacial score (nSPS) is 15.6. The van der Waals surface area contributed by atoms with Crippen LogP contribution in [0.5, 0.6) is 0 Å². The molecule has 2 N–H and O–H groups in total. The Morgan fingerprint density at radius 3 is 2.38 bits per heavy atom. The number of nitrogens with one attached hydrogen (secondary N) is 2. The Morgan fingerprint density at radius 2 is 1.74 bits per heavy atom. The van der Waals surface area contributed by atoms with E-state index in [9.17, 15) is 31.2 Å². The molecule has 0 heterocycles. The fourth-order valence-electron chi connectivity index (χ4n) is 3.79. The van der Waals surface area contributed by atoms with Crippen LogP contribution in [0.25, 0.3) is 0 Å². The highest BCUT2D eigenvalue weighted by molar-refractivity contribution is 7.89. The van der Waals surface area contributed by atoms with Crippen LogP contribution in [0.1, 0.15) is 35.1 Å². The van der Waals surface area contributed by atoms with Gasteiger partial charge in [-0.1, -0.05) is 18.2 Å². The van der Waals surface area contributed by atoms with E-state index < -0.39 is 27.8 Å². The van der Waals surface area contributed by atoms with Crippen molar-refractivity contribution in [2.45, 2.75) is 49.2 Å². The average molecular weight is 499 g/mol. The molecule has 184 valence electrons. The van der Waals surface area contributed by atoms with Gasteiger partial charge >= 0.3 is 12.1 Å². The Labute approximate surface area is 195 Å². The lowest BCUT2D eigenvalue weighted by Crippen LogP contribution is -2.35. The summed E-state index contributed by atoms with van der Waals surface area (Å²) in [6.45, 7) is 0.354. The van der Waals surface area contributed by atoms with Gasteiger partial charge in [-0.2, -0.15) is 13.2 Å². The minimum absolute atomic E-state index is 0.146. The molecule has 7 nitrogen and oxygen atoms in total. The zero-order valence-corrected chi connectivity index (χ0v) is 19.3. The minimum Gasteiger partial charge on any atom is -0.469 e. The summed E-state index contributed by atoms with van der Waals surface area (Å²) in [6.07, 6.45) is -2.85. The molecule has 0 bridgehead atoms. The van der Waals surface area contributed by atoms with Crippen molar-refractivity contribution in [3.8, 4) is 0 Å². The average Bonchev–Trinajstić information content (AvgIpc) is 3.16. The third-order valence-corrected chi connectivity index (χ3v) is 7.03. The summed E-state index contributed by atoms with van der Waals surface area (Å²) in [4.78, 5) is 23.0. The lowest BCUT2D eigenvalue weighted by molar-refractivity contribution is -0.141. The topological polar surface area (TPSA) is 102 Å². The molecule has 34 heavy (non-hydrogen) atoms. The third kappa shape index (κ3) is 6.80. The van der Waals surface area contributed by atoms with Crippen molar-refractivity contribution in [1.29, 1.82) is 0 Å². The van der Waals surface area contributed by atoms with Crippen molar-refractivity contribution in [2.24, 2.45) is 0 Å². The molecular weight excluding hydrogens is 473 g/mol. The number of rotatable bonds is 9. The van der Waals surface area contributed by atoms with Gasteiger partial charge in [-0.15, -0.1) is 0 Å². The molecule has 0 spiro atoms. The first-order valence-electron chi connectivity index (χ1n) is 10.6. The fraction of sp³-hybridized carbons (Fsp3) is 0.391. The van der Waals surface area contributed by atoms with Gasteiger partial charge in [0.25, 0.3) is 0 Å². The summed E-state index contributed by atoms with van der Waals surface area (Å²) in [5.74, 6) is -0.529. The molecule has 2 aromatic rings. The smallest absolute Gasteiger partial charge is 0.416 e. The van der Waals surface area contributed by atoms with Gasteiger partial charge in [0.15, 0.2) is 0 Å². The molecule has 0 aromatic heterocycles. The van der Waals surface area contributed by atoms with Gasteiger partial charge in [0.2, 0.25) is 15.9 Å². The predicted molar refractivity (Wildman–Crippen MR) is 117 cm³/mol. The van der Waals surface area contributed by atoms with Gasteiger partial charge in [0.1, 0.15) is 0 Å². The van der Waals surface area contributed by atoms with E-state index in [-0.39, 0.29) is 29.6 Å². The fourth-order valence-corrected chi connectivity index (χ4v) is 5.02. The molecule has 1 unspecified atom stereocenters. The second kappa shape index (κ2) is 10.6. The van der Waals surface area contributed by atoms with Crippen LogP contribution in [0, 0.1) is 0 Å². The van der Waals surface area contributed by atoms with E-state index in [0.717, 1.165) is 41.0 Å². The monoisotopic (exact) mass is 498 g/mol. The zero-order chi connectivity index (χ0) is 24.9. The van der Waals surface area contributed by atoms with E-state index in [1.54, 1.807) is 6.07 Å². The molecule has 0 radical (unpaired) electrons. The van der Waals surface area contributed by atoms with Crippen LogP contribution in [0.3, 0.4) is 0 Å². The highest BCUT2D eigenvalue weighted by atomic mass is 32.2. The van der Waals surface area contributed by atoms with Gasteiger partial charge < -0.3 is 10.1 Å². The molecule has 1 aliphatic carbocycles. The van der Waals surface area contributed by atoms with Crippen molar-refractivity contribution in [2.75, 3.05) is 13.7 Å². The van der Waals surface area contributed by atoms with Crippen molar-refractivity contribution < 1.29 is 35.9 Å². The maximum Gasteiger partial charge on any atom is 0.416 e. The minimum atomic E-state index is -4.54. The summed E-state index contributed by atoms with van der Waals surface area (Å²) < 4.78 is 70.5. The molecule has 3 rings (SSSR count). The maximum atomic E-state index is 12.7. The van der Waals surface area contributed by atoms with E-state index in [2.05, 4.69) is 14.8 Å². The number of fused-ring (bicyclic) bond motifs is 1. The van der Waals surface area contributed by atoms with Crippen molar-refractivity contribution in [3.63, 3.8) is 0 Å². The van der Waals surface area contributed by atoms with Crippen molar-refractivity contribution in [3.05, 3.63) is 64.7 Å². The van der Waals surface area contributed by atoms with Gasteiger partial charge in [-0.25, -0.2) is 13.1 Å². The number of esters is 1. The number of hydrogen-bond acceptors (Lipinski definition) is 5. The quantitative estimate of drug-likeness (QED) is 0.409. The molecule has 0 saturated carbocycles. The standard InChI is InChI=1S/C23H25F3N2O5S/c1-33-22(30)3-2-10-27-21(29)12-15-4-5-16-13-19(14-17(16)11-15)28-34(31,32)20-8-6-18(7-9-20)23(24,25)26/h4-9,11,19,28H,2-3,10,12-14H2,1H3,(H,27,29). The molecule has 0 saturated heterocycles. The first-order valence-corrected chi connectivity index (χ1v) is 12.1. The number of halogens is 3. The Kier molecular flexibility index (Phi) is 7.98. The van der Waals surface area contributed by atoms with Crippen LogP contribution in [0.2, 0.25) is 0 Å². The molecule has 1 aliphatic rings. The maximum absolute atomic E-state index is 12.7. The molecule has 0 aliphatic heterocycles. The van der Waals surface area contributed by atoms with Crippen LogP contribution in [0.15, 0.2) is 47.4 Å². The summed E-state index contributed by atoms with van der Waals surface area (Å²) in [5.41, 5.74) is 1.72. The molecule has 11 heteroatoms. The van der Waals surface area contributed by atoms with Gasteiger partial charge in [0.05, 0.1) is 24.0 Å². The lowest BCUT2D eigenvalue weighted by atomic mass is 10.0. The molecule has 1 atom stereocenters. The SMILES string of the molecule is COC(=O)CCCNC(=O)Cc1ccc2c(c1)CC(NS(=O)(=O)c1ccc(C(F)(F)F)cc1)C2. The first-order chi connectivity index (χ1) is 16.0. The predicted octanol–water partition coefficient (Wildman–Crippen LogP) is 2.76. The van der Waals surface area contributed by atoms with Crippen molar-refractivity contribution in [1.82, 2.24) is 10.0 Å². The van der Waals surface area contributed by atoms with Gasteiger partial charge in [0, 0.05) is 19.0 Å². The van der Waals surface area contributed by atoms with E-state index in [1.807, 2.05) is 12.1 Å². The van der Waals surface area contributed by atoms with Gasteiger partial charge in [-0.3, -0.25) is 9.59 Å². The highest BCUT2D eigenvalue weighted by Gasteiger charge is 2.31. The zero-order valence-electron chi connectivity index (χ0n) is 18.4. The number of sulfonamides is 1. The van der Waals surface area contributed by atoms with E-state index in [4.69, 9.17) is 0 Å². The number of amides is 1. The number of benzene rings is 2. The number of carbonyl (C=O) groups excluding carboxylic acids is 2. The number of carbonyl (C=O) groups is 2. The number of alkyl halides is 3. The Morgan fingerprint density at radius 1 is 1.06 bits per heavy atom. The molecule has 1 amide bonds. The molecule has 0 fully saturated rings. The number of methoxy groups -OCH3 is 1. The Bertz CT molecular complexity index is 1150. The number of ether oxygens (including phenoxy) is 1. The van der Waals surface area contributed by atoms with Crippen LogP contribution in [0.4, 0.5) is 13.2 Å². The second-order valence-corrected chi connectivity index (χ2v) is 9.77. The first kappa shape index (κ1) is 25.7. The van der Waals surface area contributed by atoms with E-state index >= 15 is 0 Å². The second-order valence-electron chi connectivity index (χ2n) is 8.06.